The molecule has 0 bridgehead atoms. The maximum atomic E-state index is 2.38. The van der Waals surface area contributed by atoms with Gasteiger partial charge < -0.3 is 9.13 Å². The van der Waals surface area contributed by atoms with E-state index in [4.69, 9.17) is 0 Å². The molecule has 0 amide bonds. The first-order valence-electron chi connectivity index (χ1n) is 16.9. The molecule has 2 nitrogen and oxygen atoms in total. The van der Waals surface area contributed by atoms with Crippen molar-refractivity contribution in [2.75, 3.05) is 0 Å². The van der Waals surface area contributed by atoms with Gasteiger partial charge in [0, 0.05) is 44.8 Å². The normalized spacial score (nSPS) is 13.0. The number of fused-ring (bicyclic) bond motifs is 6. The molecule has 0 saturated carbocycles. The maximum absolute atomic E-state index is 2.38. The van der Waals surface area contributed by atoms with E-state index in [2.05, 4.69) is 193 Å². The van der Waals surface area contributed by atoms with Crippen LogP contribution in [0.5, 0.6) is 0 Å². The van der Waals surface area contributed by atoms with Crippen LogP contribution in [0.15, 0.2) is 170 Å². The largest absolute Gasteiger partial charge is 0.309 e. The zero-order valence-corrected chi connectivity index (χ0v) is 27.2. The van der Waals surface area contributed by atoms with Gasteiger partial charge in [0.2, 0.25) is 0 Å². The number of aromatic nitrogens is 2. The second-order valence-corrected chi connectivity index (χ2v) is 13.0. The van der Waals surface area contributed by atoms with Gasteiger partial charge in [-0.15, -0.1) is 0 Å². The lowest BCUT2D eigenvalue weighted by molar-refractivity contribution is 0.897. The van der Waals surface area contributed by atoms with Crippen molar-refractivity contribution in [3.63, 3.8) is 0 Å². The minimum Gasteiger partial charge on any atom is -0.309 e. The molecule has 2 atom stereocenters. The zero-order valence-electron chi connectivity index (χ0n) is 27.2. The van der Waals surface area contributed by atoms with E-state index in [0.717, 1.165) is 0 Å². The van der Waals surface area contributed by atoms with E-state index >= 15 is 0 Å². The third kappa shape index (κ3) is 4.56. The van der Waals surface area contributed by atoms with E-state index in [1.807, 2.05) is 0 Å². The lowest BCUT2D eigenvalue weighted by Crippen LogP contribution is -2.01. The molecule has 48 heavy (non-hydrogen) atoms. The van der Waals surface area contributed by atoms with Gasteiger partial charge in [0.25, 0.3) is 0 Å². The quantitative estimate of drug-likeness (QED) is 0.176. The summed E-state index contributed by atoms with van der Waals surface area (Å²) < 4.78 is 4.76. The molecule has 9 rings (SSSR count). The van der Waals surface area contributed by atoms with Crippen molar-refractivity contribution in [1.82, 2.24) is 9.13 Å². The fourth-order valence-corrected chi connectivity index (χ4v) is 7.68. The summed E-state index contributed by atoms with van der Waals surface area (Å²) in [6.07, 6.45) is 0. The van der Waals surface area contributed by atoms with Crippen LogP contribution in [-0.2, 0) is 0 Å². The maximum Gasteiger partial charge on any atom is 0.0541 e. The average Bonchev–Trinajstić information content (AvgIpc) is 3.68. The second kappa shape index (κ2) is 11.4. The number of nitrogens with zero attached hydrogens (tertiary/aromatic N) is 2. The third-order valence-electron chi connectivity index (χ3n) is 10.4. The molecule has 0 N–H and O–H groups in total. The Kier molecular flexibility index (Phi) is 6.76. The van der Waals surface area contributed by atoms with Gasteiger partial charge in [-0.1, -0.05) is 135 Å². The number of benzene rings is 7. The molecule has 2 heterocycles. The summed E-state index contributed by atoms with van der Waals surface area (Å²) in [4.78, 5) is 0. The van der Waals surface area contributed by atoms with Crippen molar-refractivity contribution in [2.45, 2.75) is 25.7 Å². The topological polar surface area (TPSA) is 9.86 Å². The summed E-state index contributed by atoms with van der Waals surface area (Å²) in [5.74, 6) is 0.596. The van der Waals surface area contributed by atoms with Gasteiger partial charge in [-0.25, -0.2) is 0 Å². The number of para-hydroxylation sites is 4. The van der Waals surface area contributed by atoms with E-state index in [1.54, 1.807) is 0 Å². The Bertz CT molecular complexity index is 2280. The van der Waals surface area contributed by atoms with Crippen LogP contribution in [-0.4, -0.2) is 9.13 Å². The molecular formula is C46H36N2. The number of hydrogen-bond acceptors (Lipinski definition) is 0. The fourth-order valence-electron chi connectivity index (χ4n) is 7.68. The van der Waals surface area contributed by atoms with Crippen LogP contribution in [0.3, 0.4) is 0 Å². The molecule has 0 aliphatic carbocycles. The van der Waals surface area contributed by atoms with Crippen LogP contribution in [0.25, 0.3) is 55.0 Å². The molecule has 0 radical (unpaired) electrons. The van der Waals surface area contributed by atoms with Gasteiger partial charge in [-0.3, -0.25) is 0 Å². The molecule has 0 aliphatic heterocycles. The molecule has 0 saturated heterocycles. The molecule has 0 aliphatic rings. The van der Waals surface area contributed by atoms with Crippen LogP contribution in [0.2, 0.25) is 0 Å². The van der Waals surface area contributed by atoms with E-state index in [-0.39, 0.29) is 0 Å². The first-order valence-corrected chi connectivity index (χ1v) is 16.9. The van der Waals surface area contributed by atoms with Crippen molar-refractivity contribution in [2.24, 2.45) is 0 Å². The van der Waals surface area contributed by atoms with Gasteiger partial charge in [0.1, 0.15) is 0 Å². The summed E-state index contributed by atoms with van der Waals surface area (Å²) in [6, 6.07) is 62.2. The monoisotopic (exact) mass is 616 g/mol. The van der Waals surface area contributed by atoms with Crippen LogP contribution >= 0.6 is 0 Å². The SMILES string of the molecule is CC(c1ccc(C(C)c2ccc(-n3c4ccccc4c4ccccc43)cc2)cc1)c1ccc(-n2c3ccccc3c3ccccc32)cc1. The van der Waals surface area contributed by atoms with Crippen LogP contribution in [0, 0.1) is 0 Å². The molecular weight excluding hydrogens is 581 g/mol. The molecule has 0 spiro atoms. The molecule has 0 fully saturated rings. The summed E-state index contributed by atoms with van der Waals surface area (Å²) in [6.45, 7) is 4.61. The van der Waals surface area contributed by atoms with Gasteiger partial charge in [0.05, 0.1) is 22.1 Å². The Labute approximate surface area is 281 Å². The Balaban J connectivity index is 0.958. The van der Waals surface area contributed by atoms with Crippen molar-refractivity contribution in [1.29, 1.82) is 0 Å². The lowest BCUT2D eigenvalue weighted by atomic mass is 9.88. The van der Waals surface area contributed by atoms with Crippen molar-refractivity contribution in [3.05, 3.63) is 192 Å². The van der Waals surface area contributed by atoms with Gasteiger partial charge in [0.15, 0.2) is 0 Å². The van der Waals surface area contributed by atoms with Crippen molar-refractivity contribution >= 4 is 43.6 Å². The van der Waals surface area contributed by atoms with Crippen LogP contribution in [0.1, 0.15) is 47.9 Å². The molecule has 7 aromatic carbocycles. The lowest BCUT2D eigenvalue weighted by Gasteiger charge is -2.17. The van der Waals surface area contributed by atoms with Crippen LogP contribution in [0.4, 0.5) is 0 Å². The molecule has 2 heteroatoms. The summed E-state index contributed by atoms with van der Waals surface area (Å²) in [5.41, 5.74) is 12.7. The summed E-state index contributed by atoms with van der Waals surface area (Å²) in [7, 11) is 0. The second-order valence-electron chi connectivity index (χ2n) is 13.0. The standard InChI is InChI=1S/C46H36N2/c1-31(35-23-27-37(28-24-35)47-43-15-7-3-11-39(43)40-12-4-8-16-44(40)47)33-19-21-34(22-20-33)32(2)36-25-29-38(30-26-36)48-45-17-9-5-13-41(45)42-14-6-10-18-46(42)48/h3-32H,1-2H3. The molecule has 9 aromatic rings. The van der Waals surface area contributed by atoms with E-state index in [9.17, 15) is 0 Å². The third-order valence-corrected chi connectivity index (χ3v) is 10.4. The predicted octanol–water partition coefficient (Wildman–Crippen LogP) is 12.2. The van der Waals surface area contributed by atoms with E-state index in [1.165, 1.54) is 77.2 Å². The van der Waals surface area contributed by atoms with Gasteiger partial charge in [-0.2, -0.15) is 0 Å². The van der Waals surface area contributed by atoms with Crippen LogP contribution < -0.4 is 0 Å². The van der Waals surface area contributed by atoms with Gasteiger partial charge >= 0.3 is 0 Å². The summed E-state index contributed by atoms with van der Waals surface area (Å²) in [5, 5.41) is 5.16. The number of rotatable bonds is 6. The Hall–Kier alpha value is -5.86. The molecule has 2 unspecified atom stereocenters. The molecule has 230 valence electrons. The highest BCUT2D eigenvalue weighted by atomic mass is 15.0. The van der Waals surface area contributed by atoms with Crippen molar-refractivity contribution in [3.8, 4) is 11.4 Å². The number of hydrogen-bond donors (Lipinski definition) is 0. The minimum absolute atomic E-state index is 0.298. The Morgan fingerprint density at radius 1 is 0.292 bits per heavy atom. The summed E-state index contributed by atoms with van der Waals surface area (Å²) >= 11 is 0. The van der Waals surface area contributed by atoms with E-state index < -0.39 is 0 Å². The highest BCUT2D eigenvalue weighted by Gasteiger charge is 2.16. The van der Waals surface area contributed by atoms with Crippen molar-refractivity contribution < 1.29 is 0 Å². The Morgan fingerprint density at radius 3 is 0.792 bits per heavy atom. The zero-order chi connectivity index (χ0) is 32.2. The fraction of sp³-hybridized carbons (Fsp3) is 0.0870. The molecule has 2 aromatic heterocycles. The van der Waals surface area contributed by atoms with E-state index in [0.29, 0.717) is 11.8 Å². The predicted molar refractivity (Wildman–Crippen MR) is 203 cm³/mol. The Morgan fingerprint density at radius 2 is 0.521 bits per heavy atom. The minimum atomic E-state index is 0.298. The smallest absolute Gasteiger partial charge is 0.0541 e. The average molecular weight is 617 g/mol. The highest BCUT2D eigenvalue weighted by Crippen LogP contribution is 2.35. The first kappa shape index (κ1) is 28.4. The highest BCUT2D eigenvalue weighted by molar-refractivity contribution is 6.10. The van der Waals surface area contributed by atoms with Gasteiger partial charge in [-0.05, 0) is 70.8 Å². The first-order chi connectivity index (χ1) is 23.7.